The monoisotopic (exact) mass is 433 g/mol. The molecule has 0 bridgehead atoms. The number of nitrogens with zero attached hydrogens (tertiary/aromatic N) is 3. The van der Waals surface area contributed by atoms with Crippen LogP contribution in [-0.2, 0) is 5.75 Å². The Kier molecular flexibility index (Phi) is 5.11. The van der Waals surface area contributed by atoms with E-state index in [1.165, 1.54) is 11.8 Å². The number of fused-ring (bicyclic) bond motifs is 1. The summed E-state index contributed by atoms with van der Waals surface area (Å²) >= 11 is 10.8. The van der Waals surface area contributed by atoms with Crippen molar-refractivity contribution in [1.29, 1.82) is 0 Å². The van der Waals surface area contributed by atoms with Gasteiger partial charge < -0.3 is 0 Å². The normalized spacial score (nSPS) is 11.4. The molecule has 8 heteroatoms. The van der Waals surface area contributed by atoms with Crippen molar-refractivity contribution >= 4 is 56.3 Å². The zero-order valence-corrected chi connectivity index (χ0v) is 18.2. The Balaban J connectivity index is 1.88. The molecule has 0 unspecified atom stereocenters. The molecule has 4 rings (SSSR count). The summed E-state index contributed by atoms with van der Waals surface area (Å²) in [5.41, 5.74) is 2.72. The maximum absolute atomic E-state index is 13.4. The molecule has 27 heavy (non-hydrogen) atoms. The van der Waals surface area contributed by atoms with Gasteiger partial charge in [0.25, 0.3) is 5.56 Å². The highest BCUT2D eigenvalue weighted by Crippen LogP contribution is 2.31. The number of hydrogen-bond donors (Lipinski definition) is 0. The van der Waals surface area contributed by atoms with Gasteiger partial charge in [-0.1, -0.05) is 23.4 Å². The number of rotatable bonds is 4. The first kappa shape index (κ1) is 18.7. The van der Waals surface area contributed by atoms with Crippen molar-refractivity contribution in [1.82, 2.24) is 14.5 Å². The Morgan fingerprint density at radius 1 is 1.15 bits per heavy atom. The third-order valence-electron chi connectivity index (χ3n) is 4.27. The van der Waals surface area contributed by atoms with Crippen LogP contribution < -0.4 is 5.56 Å². The van der Waals surface area contributed by atoms with Gasteiger partial charge in [-0.3, -0.25) is 9.36 Å². The summed E-state index contributed by atoms with van der Waals surface area (Å²) in [5.74, 6) is 0.666. The van der Waals surface area contributed by atoms with Gasteiger partial charge >= 0.3 is 0 Å². The second kappa shape index (κ2) is 7.39. The highest BCUT2D eigenvalue weighted by Gasteiger charge is 2.18. The van der Waals surface area contributed by atoms with E-state index in [1.807, 2.05) is 38.3 Å². The Morgan fingerprint density at radius 3 is 2.56 bits per heavy atom. The molecule has 1 aromatic carbocycles. The molecule has 138 valence electrons. The average molecular weight is 434 g/mol. The Bertz CT molecular complexity index is 1190. The number of hydrogen-bond acceptors (Lipinski definition) is 6. The summed E-state index contributed by atoms with van der Waals surface area (Å²) in [6.45, 7) is 6.00. The van der Waals surface area contributed by atoms with Crippen molar-refractivity contribution in [3.8, 4) is 5.69 Å². The van der Waals surface area contributed by atoms with Crippen LogP contribution in [0.2, 0.25) is 5.02 Å². The molecule has 0 N–H and O–H groups in total. The molecule has 0 saturated carbocycles. The summed E-state index contributed by atoms with van der Waals surface area (Å²) < 4.78 is 1.68. The second-order valence-electron chi connectivity index (χ2n) is 6.12. The SMILES string of the molecule is Cc1nc(CSc2nc3sc(C)c(C)c3c(=O)n2-c2ccc(Cl)cc2)cs1. The molecule has 3 aromatic heterocycles. The van der Waals surface area contributed by atoms with E-state index in [0.29, 0.717) is 21.3 Å². The Hall–Kier alpha value is -1.67. The van der Waals surface area contributed by atoms with Crippen molar-refractivity contribution in [2.45, 2.75) is 31.7 Å². The molecular formula is C19H16ClN3OS3. The van der Waals surface area contributed by atoms with Crippen molar-refractivity contribution < 1.29 is 0 Å². The van der Waals surface area contributed by atoms with Gasteiger partial charge in [0.1, 0.15) is 4.83 Å². The lowest BCUT2D eigenvalue weighted by molar-refractivity contribution is 0.821. The molecule has 0 amide bonds. The second-order valence-corrected chi connectivity index (χ2v) is 9.77. The number of thioether (sulfide) groups is 1. The maximum atomic E-state index is 13.4. The van der Waals surface area contributed by atoms with Crippen LogP contribution >= 0.6 is 46.0 Å². The lowest BCUT2D eigenvalue weighted by atomic mass is 10.2. The van der Waals surface area contributed by atoms with Crippen LogP contribution in [-0.4, -0.2) is 14.5 Å². The fourth-order valence-corrected chi connectivity index (χ4v) is 5.62. The van der Waals surface area contributed by atoms with Gasteiger partial charge in [0.15, 0.2) is 5.16 Å². The van der Waals surface area contributed by atoms with Gasteiger partial charge in [0.2, 0.25) is 0 Å². The molecule has 0 radical (unpaired) electrons. The Labute approximate surface area is 173 Å². The number of benzene rings is 1. The minimum atomic E-state index is -0.0406. The van der Waals surface area contributed by atoms with Crippen LogP contribution in [0.15, 0.2) is 39.6 Å². The highest BCUT2D eigenvalue weighted by atomic mass is 35.5. The zero-order valence-electron chi connectivity index (χ0n) is 14.9. The number of aromatic nitrogens is 3. The van der Waals surface area contributed by atoms with E-state index in [2.05, 4.69) is 4.98 Å². The summed E-state index contributed by atoms with van der Waals surface area (Å²) in [4.78, 5) is 24.6. The number of thiazole rings is 1. The fourth-order valence-electron chi connectivity index (χ4n) is 2.80. The topological polar surface area (TPSA) is 47.8 Å². The van der Waals surface area contributed by atoms with Gasteiger partial charge in [-0.15, -0.1) is 22.7 Å². The molecule has 0 aliphatic heterocycles. The minimum absolute atomic E-state index is 0.0406. The molecule has 0 spiro atoms. The zero-order chi connectivity index (χ0) is 19.1. The van der Waals surface area contributed by atoms with Crippen LogP contribution in [0.3, 0.4) is 0 Å². The molecule has 3 heterocycles. The van der Waals surface area contributed by atoms with Crippen LogP contribution in [0.4, 0.5) is 0 Å². The largest absolute Gasteiger partial charge is 0.268 e. The predicted molar refractivity (Wildman–Crippen MR) is 116 cm³/mol. The van der Waals surface area contributed by atoms with E-state index in [0.717, 1.165) is 31.7 Å². The number of halogens is 1. The third-order valence-corrected chi connectivity index (χ3v) is 7.42. The van der Waals surface area contributed by atoms with Crippen LogP contribution in [0.1, 0.15) is 21.1 Å². The third kappa shape index (κ3) is 3.57. The number of thiophene rings is 1. The van der Waals surface area contributed by atoms with Gasteiger partial charge in [-0.05, 0) is 50.6 Å². The molecule has 4 aromatic rings. The summed E-state index contributed by atoms with van der Waals surface area (Å²) in [6.07, 6.45) is 0. The van der Waals surface area contributed by atoms with E-state index < -0.39 is 0 Å². The molecule has 0 atom stereocenters. The highest BCUT2D eigenvalue weighted by molar-refractivity contribution is 7.98. The van der Waals surface area contributed by atoms with E-state index in [4.69, 9.17) is 16.6 Å². The molecule has 0 aliphatic carbocycles. The van der Waals surface area contributed by atoms with Crippen molar-refractivity contribution in [3.63, 3.8) is 0 Å². The van der Waals surface area contributed by atoms with Crippen LogP contribution in [0.25, 0.3) is 15.9 Å². The predicted octanol–water partition coefficient (Wildman–Crippen LogP) is 5.77. The van der Waals surface area contributed by atoms with Crippen molar-refractivity contribution in [2.75, 3.05) is 0 Å². The molecule has 0 fully saturated rings. The van der Waals surface area contributed by atoms with Crippen molar-refractivity contribution in [2.24, 2.45) is 0 Å². The molecular weight excluding hydrogens is 418 g/mol. The maximum Gasteiger partial charge on any atom is 0.267 e. The van der Waals surface area contributed by atoms with Crippen molar-refractivity contribution in [3.05, 3.63) is 66.2 Å². The number of aryl methyl sites for hydroxylation is 3. The van der Waals surface area contributed by atoms with E-state index in [1.54, 1.807) is 39.4 Å². The first-order chi connectivity index (χ1) is 12.9. The van der Waals surface area contributed by atoms with Crippen LogP contribution in [0.5, 0.6) is 0 Å². The Morgan fingerprint density at radius 2 is 1.89 bits per heavy atom. The van der Waals surface area contributed by atoms with E-state index in [-0.39, 0.29) is 5.56 Å². The quantitative estimate of drug-likeness (QED) is 0.302. The van der Waals surface area contributed by atoms with E-state index in [9.17, 15) is 4.79 Å². The molecule has 0 aliphatic rings. The lowest BCUT2D eigenvalue weighted by Crippen LogP contribution is -2.21. The lowest BCUT2D eigenvalue weighted by Gasteiger charge is -2.12. The van der Waals surface area contributed by atoms with Gasteiger partial charge in [0.05, 0.1) is 21.8 Å². The van der Waals surface area contributed by atoms with E-state index >= 15 is 0 Å². The molecule has 4 nitrogen and oxygen atoms in total. The first-order valence-corrected chi connectivity index (χ1v) is 11.3. The van der Waals surface area contributed by atoms with Gasteiger partial charge in [-0.25, -0.2) is 9.97 Å². The van der Waals surface area contributed by atoms with Gasteiger partial charge in [-0.2, -0.15) is 0 Å². The van der Waals surface area contributed by atoms with Gasteiger partial charge in [0, 0.05) is 21.0 Å². The first-order valence-electron chi connectivity index (χ1n) is 8.26. The summed E-state index contributed by atoms with van der Waals surface area (Å²) in [6, 6.07) is 7.28. The van der Waals surface area contributed by atoms with Crippen LogP contribution in [0, 0.1) is 20.8 Å². The average Bonchev–Trinajstić information content (AvgIpc) is 3.17. The smallest absolute Gasteiger partial charge is 0.267 e. The minimum Gasteiger partial charge on any atom is -0.268 e. The fraction of sp³-hybridized carbons (Fsp3) is 0.211. The summed E-state index contributed by atoms with van der Waals surface area (Å²) in [7, 11) is 0. The molecule has 0 saturated heterocycles. The standard InChI is InChI=1S/C19H16ClN3OS3/c1-10-11(2)27-17-16(10)18(24)23(15-6-4-13(20)5-7-15)19(22-17)26-9-14-8-25-12(3)21-14/h4-8H,9H2,1-3H3. The summed E-state index contributed by atoms with van der Waals surface area (Å²) in [5, 5.41) is 5.08.